The van der Waals surface area contributed by atoms with Gasteiger partial charge < -0.3 is 21.1 Å². The molecule has 2 unspecified atom stereocenters. The molecule has 5 N–H and O–H groups in total. The molecule has 0 aromatic heterocycles. The first-order valence-electron chi connectivity index (χ1n) is 8.44. The second-order valence-electron chi connectivity index (χ2n) is 6.32. The average molecular weight is 386 g/mol. The molecule has 0 aliphatic heterocycles. The van der Waals surface area contributed by atoms with E-state index < -0.39 is 37.3 Å². The van der Waals surface area contributed by atoms with E-state index in [1.54, 1.807) is 13.8 Å². The first-order chi connectivity index (χ1) is 12.2. The number of amides is 1. The Morgan fingerprint density at radius 3 is 2.38 bits per heavy atom. The topological polar surface area (TPSA) is 139 Å². The Balaban J connectivity index is 2.74. The van der Waals surface area contributed by atoms with E-state index in [0.717, 1.165) is 5.56 Å². The third-order valence-corrected chi connectivity index (χ3v) is 5.74. The number of nitrogens with two attached hydrogens (primary N) is 1. The quantitative estimate of drug-likeness (QED) is 0.425. The van der Waals surface area contributed by atoms with Gasteiger partial charge in [-0.25, -0.2) is 4.79 Å². The largest absolute Gasteiger partial charge is 0.479 e. The minimum Gasteiger partial charge on any atom is -0.479 e. The third-order valence-electron chi connectivity index (χ3n) is 3.76. The summed E-state index contributed by atoms with van der Waals surface area (Å²) in [4.78, 5) is 33.6. The molecular formula is C17H27N2O6P. The second-order valence-corrected chi connectivity index (χ2v) is 8.21. The molecule has 1 rings (SSSR count). The Labute approximate surface area is 153 Å². The van der Waals surface area contributed by atoms with Gasteiger partial charge in [0.05, 0.1) is 0 Å². The van der Waals surface area contributed by atoms with Crippen LogP contribution in [0.3, 0.4) is 0 Å². The van der Waals surface area contributed by atoms with E-state index in [9.17, 15) is 19.0 Å². The number of hydrogen-bond acceptors (Lipinski definition) is 5. The maximum Gasteiger partial charge on any atom is 0.351 e. The molecule has 0 saturated carbocycles. The molecule has 0 fully saturated rings. The molecule has 1 aromatic rings. The minimum atomic E-state index is -4.42. The lowest BCUT2D eigenvalue weighted by atomic mass is 10.1. The molecule has 0 aliphatic carbocycles. The smallest absolute Gasteiger partial charge is 0.351 e. The molecule has 0 aliphatic rings. The predicted molar refractivity (Wildman–Crippen MR) is 97.5 cm³/mol. The fraction of sp³-hybridized carbons (Fsp3) is 0.529. The van der Waals surface area contributed by atoms with Crippen LogP contribution in [0.5, 0.6) is 0 Å². The summed E-state index contributed by atoms with van der Waals surface area (Å²) in [7, 11) is -4.42. The summed E-state index contributed by atoms with van der Waals surface area (Å²) in [6, 6.07) is 9.37. The molecule has 0 spiro atoms. The second kappa shape index (κ2) is 10.4. The fourth-order valence-corrected chi connectivity index (χ4v) is 4.14. The van der Waals surface area contributed by atoms with Gasteiger partial charge in [-0.05, 0) is 30.9 Å². The zero-order valence-electron chi connectivity index (χ0n) is 15.0. The van der Waals surface area contributed by atoms with Gasteiger partial charge in [-0.2, -0.15) is 0 Å². The maximum absolute atomic E-state index is 12.6. The number of carboxylic acid groups (broad SMARTS) is 1. The number of benzene rings is 1. The van der Waals surface area contributed by atoms with Crippen molar-refractivity contribution in [1.82, 2.24) is 5.32 Å². The molecular weight excluding hydrogens is 359 g/mol. The highest BCUT2D eigenvalue weighted by Gasteiger charge is 2.39. The Hall–Kier alpha value is -1.73. The van der Waals surface area contributed by atoms with E-state index in [0.29, 0.717) is 6.42 Å². The van der Waals surface area contributed by atoms with Crippen LogP contribution in [-0.4, -0.2) is 40.3 Å². The number of aliphatic carboxylic acids is 1. The highest BCUT2D eigenvalue weighted by molar-refractivity contribution is 7.53. The van der Waals surface area contributed by atoms with Crippen molar-refractivity contribution < 1.29 is 28.7 Å². The Bertz CT molecular complexity index is 637. The van der Waals surface area contributed by atoms with E-state index >= 15 is 0 Å². The number of carboxylic acids is 1. The molecule has 0 heterocycles. The number of aryl methyl sites for hydroxylation is 1. The Kier molecular flexibility index (Phi) is 8.95. The van der Waals surface area contributed by atoms with E-state index in [1.807, 2.05) is 30.3 Å². The molecule has 3 atom stereocenters. The van der Waals surface area contributed by atoms with Crippen molar-refractivity contribution in [3.63, 3.8) is 0 Å². The highest BCUT2D eigenvalue weighted by atomic mass is 31.2. The number of rotatable bonds is 11. The van der Waals surface area contributed by atoms with Gasteiger partial charge in [-0.1, -0.05) is 44.2 Å². The standard InChI is InChI=1S/C17H27N2O6P/c1-12(2)16(26(23,24)25-14(10-11-18)17(21)22)19-15(20)9-8-13-6-4-3-5-7-13/h3-7,12,14,16H,8-11,18H2,1-2H3,(H,19,20)(H,21,22)(H,23,24)/t14-,16?/m1/s1. The maximum atomic E-state index is 12.6. The van der Waals surface area contributed by atoms with Gasteiger partial charge >= 0.3 is 13.6 Å². The van der Waals surface area contributed by atoms with Gasteiger partial charge in [0.2, 0.25) is 5.91 Å². The van der Waals surface area contributed by atoms with Crippen LogP contribution in [0.2, 0.25) is 0 Å². The van der Waals surface area contributed by atoms with Crippen molar-refractivity contribution in [2.75, 3.05) is 6.54 Å². The normalized spacial score (nSPS) is 15.9. The average Bonchev–Trinajstić information content (AvgIpc) is 2.57. The number of carbonyl (C=O) groups is 2. The SMILES string of the molecule is CC(C)C(NC(=O)CCc1ccccc1)P(=O)(O)O[C@H](CCN)C(=O)O. The van der Waals surface area contributed by atoms with Gasteiger partial charge in [0, 0.05) is 6.42 Å². The van der Waals surface area contributed by atoms with Crippen LogP contribution in [-0.2, 0) is 25.1 Å². The molecule has 26 heavy (non-hydrogen) atoms. The van der Waals surface area contributed by atoms with Crippen LogP contribution in [0, 0.1) is 5.92 Å². The summed E-state index contributed by atoms with van der Waals surface area (Å²) in [5, 5.41) is 11.6. The lowest BCUT2D eigenvalue weighted by molar-refractivity contribution is -0.145. The summed E-state index contributed by atoms with van der Waals surface area (Å²) in [6.45, 7) is 3.28. The summed E-state index contributed by atoms with van der Waals surface area (Å²) in [5.41, 5.74) is 6.29. The lowest BCUT2D eigenvalue weighted by Crippen LogP contribution is -2.40. The highest BCUT2D eigenvalue weighted by Crippen LogP contribution is 2.50. The van der Waals surface area contributed by atoms with Crippen LogP contribution in [0.4, 0.5) is 0 Å². The molecule has 1 aromatic carbocycles. The first kappa shape index (κ1) is 22.3. The fourth-order valence-electron chi connectivity index (χ4n) is 2.39. The van der Waals surface area contributed by atoms with E-state index in [2.05, 4.69) is 5.32 Å². The molecule has 9 heteroatoms. The van der Waals surface area contributed by atoms with Gasteiger partial charge in [0.15, 0.2) is 6.10 Å². The molecule has 146 valence electrons. The van der Waals surface area contributed by atoms with Crippen molar-refractivity contribution in [2.24, 2.45) is 11.7 Å². The van der Waals surface area contributed by atoms with Gasteiger partial charge in [-0.3, -0.25) is 13.9 Å². The van der Waals surface area contributed by atoms with E-state index in [1.165, 1.54) is 0 Å². The predicted octanol–water partition coefficient (Wildman–Crippen LogP) is 1.72. The third kappa shape index (κ3) is 7.25. The molecule has 8 nitrogen and oxygen atoms in total. The summed E-state index contributed by atoms with van der Waals surface area (Å²) in [5.74, 6) is -3.41. The van der Waals surface area contributed by atoms with Crippen molar-refractivity contribution in [3.8, 4) is 0 Å². The zero-order valence-corrected chi connectivity index (χ0v) is 15.9. The molecule has 1 amide bonds. The molecule has 0 radical (unpaired) electrons. The van der Waals surface area contributed by atoms with Crippen LogP contribution >= 0.6 is 7.60 Å². The van der Waals surface area contributed by atoms with Crippen LogP contribution in [0.1, 0.15) is 32.3 Å². The van der Waals surface area contributed by atoms with Crippen molar-refractivity contribution in [3.05, 3.63) is 35.9 Å². The summed E-state index contributed by atoms with van der Waals surface area (Å²) in [6.07, 6.45) is -0.984. The molecule has 0 saturated heterocycles. The van der Waals surface area contributed by atoms with Crippen molar-refractivity contribution in [1.29, 1.82) is 0 Å². The van der Waals surface area contributed by atoms with Gasteiger partial charge in [0.25, 0.3) is 0 Å². The zero-order chi connectivity index (χ0) is 19.7. The number of nitrogens with one attached hydrogen (secondary N) is 1. The Morgan fingerprint density at radius 1 is 1.27 bits per heavy atom. The van der Waals surface area contributed by atoms with Gasteiger partial charge in [-0.15, -0.1) is 0 Å². The van der Waals surface area contributed by atoms with Crippen molar-refractivity contribution >= 4 is 19.5 Å². The van der Waals surface area contributed by atoms with E-state index in [4.69, 9.17) is 15.4 Å². The number of hydrogen-bond donors (Lipinski definition) is 4. The van der Waals surface area contributed by atoms with E-state index in [-0.39, 0.29) is 19.4 Å². The first-order valence-corrected chi connectivity index (χ1v) is 10.1. The van der Waals surface area contributed by atoms with Crippen molar-refractivity contribution in [2.45, 2.75) is 45.0 Å². The minimum absolute atomic E-state index is 0.00720. The van der Waals surface area contributed by atoms with Crippen LogP contribution < -0.4 is 11.1 Å². The monoisotopic (exact) mass is 386 g/mol. The van der Waals surface area contributed by atoms with Crippen LogP contribution in [0.15, 0.2) is 30.3 Å². The van der Waals surface area contributed by atoms with Crippen LogP contribution in [0.25, 0.3) is 0 Å². The van der Waals surface area contributed by atoms with Gasteiger partial charge in [0.1, 0.15) is 5.78 Å². The molecule has 0 bridgehead atoms. The summed E-state index contributed by atoms with van der Waals surface area (Å²) < 4.78 is 17.5. The lowest BCUT2D eigenvalue weighted by Gasteiger charge is -2.28. The number of carbonyl (C=O) groups excluding carboxylic acids is 1. The summed E-state index contributed by atoms with van der Waals surface area (Å²) >= 11 is 0. The Morgan fingerprint density at radius 2 is 1.88 bits per heavy atom.